The lowest BCUT2D eigenvalue weighted by Crippen LogP contribution is -2.00. The Morgan fingerprint density at radius 2 is 1.89 bits per heavy atom. The summed E-state index contributed by atoms with van der Waals surface area (Å²) in [6.07, 6.45) is 0. The van der Waals surface area contributed by atoms with Crippen LogP contribution in [-0.2, 0) is 0 Å². The summed E-state index contributed by atoms with van der Waals surface area (Å²) in [5.74, 6) is -2.24. The van der Waals surface area contributed by atoms with E-state index in [4.69, 9.17) is 9.84 Å². The van der Waals surface area contributed by atoms with E-state index in [-0.39, 0.29) is 21.5 Å². The first-order valence-electron chi connectivity index (χ1n) is 5.13. The summed E-state index contributed by atoms with van der Waals surface area (Å²) in [4.78, 5) is 11.0. The second-order valence-corrected chi connectivity index (χ2v) is 4.48. The molecule has 0 aliphatic rings. The topological polar surface area (TPSA) is 46.5 Å². The minimum Gasteiger partial charge on any atom is -0.478 e. The highest BCUT2D eigenvalue weighted by molar-refractivity contribution is 9.10. The predicted octanol–water partition coefficient (Wildman–Crippen LogP) is 4.22. The van der Waals surface area contributed by atoms with Crippen molar-refractivity contribution < 1.29 is 23.4 Å². The molecule has 0 unspecified atom stereocenters. The van der Waals surface area contributed by atoms with Gasteiger partial charge in [0, 0.05) is 0 Å². The predicted molar refractivity (Wildman–Crippen MR) is 67.5 cm³/mol. The smallest absolute Gasteiger partial charge is 0.339 e. The first-order valence-corrected chi connectivity index (χ1v) is 5.92. The van der Waals surface area contributed by atoms with Gasteiger partial charge in [-0.15, -0.1) is 0 Å². The molecule has 19 heavy (non-hydrogen) atoms. The third-order valence-corrected chi connectivity index (χ3v) is 2.90. The Balaban J connectivity index is 2.37. The van der Waals surface area contributed by atoms with Crippen LogP contribution in [-0.4, -0.2) is 11.1 Å². The Morgan fingerprint density at radius 1 is 1.16 bits per heavy atom. The fraction of sp³-hybridized carbons (Fsp3) is 0. The standard InChI is InChI=1S/C13H7BrF2O3/c14-10-6-8(2-3-11(10)16)19-12-4-1-7(15)5-9(12)13(17)18/h1-6H,(H,17,18). The van der Waals surface area contributed by atoms with Gasteiger partial charge in [0.1, 0.15) is 28.7 Å². The maximum atomic E-state index is 13.1. The quantitative estimate of drug-likeness (QED) is 0.917. The summed E-state index contributed by atoms with van der Waals surface area (Å²) in [5.41, 5.74) is -0.305. The maximum Gasteiger partial charge on any atom is 0.339 e. The second-order valence-electron chi connectivity index (χ2n) is 3.62. The van der Waals surface area contributed by atoms with Crippen LogP contribution in [0.5, 0.6) is 11.5 Å². The molecular weight excluding hydrogens is 322 g/mol. The van der Waals surface area contributed by atoms with Crippen LogP contribution >= 0.6 is 15.9 Å². The average Bonchev–Trinajstić information content (AvgIpc) is 2.36. The van der Waals surface area contributed by atoms with Crippen molar-refractivity contribution in [3.05, 3.63) is 58.1 Å². The molecule has 0 aliphatic heterocycles. The molecule has 0 saturated heterocycles. The van der Waals surface area contributed by atoms with E-state index in [2.05, 4.69) is 15.9 Å². The van der Waals surface area contributed by atoms with Crippen LogP contribution in [0.25, 0.3) is 0 Å². The molecule has 98 valence electrons. The van der Waals surface area contributed by atoms with E-state index < -0.39 is 17.6 Å². The number of carboxylic acids is 1. The number of hydrogen-bond acceptors (Lipinski definition) is 2. The molecule has 0 atom stereocenters. The Kier molecular flexibility index (Phi) is 3.80. The van der Waals surface area contributed by atoms with E-state index >= 15 is 0 Å². The summed E-state index contributed by atoms with van der Waals surface area (Å²) in [7, 11) is 0. The highest BCUT2D eigenvalue weighted by Crippen LogP contribution is 2.29. The number of ether oxygens (including phenoxy) is 1. The zero-order valence-electron chi connectivity index (χ0n) is 9.36. The van der Waals surface area contributed by atoms with Crippen LogP contribution in [0.2, 0.25) is 0 Å². The van der Waals surface area contributed by atoms with Gasteiger partial charge in [0.05, 0.1) is 4.47 Å². The van der Waals surface area contributed by atoms with Crippen molar-refractivity contribution in [1.29, 1.82) is 0 Å². The van der Waals surface area contributed by atoms with Crippen molar-refractivity contribution in [2.45, 2.75) is 0 Å². The van der Waals surface area contributed by atoms with Crippen LogP contribution < -0.4 is 4.74 Å². The SMILES string of the molecule is O=C(O)c1cc(F)ccc1Oc1ccc(F)c(Br)c1. The second kappa shape index (κ2) is 5.36. The molecule has 2 rings (SSSR count). The lowest BCUT2D eigenvalue weighted by atomic mass is 10.2. The Morgan fingerprint density at radius 3 is 2.53 bits per heavy atom. The summed E-state index contributed by atoms with van der Waals surface area (Å²) >= 11 is 2.99. The number of benzene rings is 2. The summed E-state index contributed by atoms with van der Waals surface area (Å²) in [6, 6.07) is 7.01. The van der Waals surface area contributed by atoms with Gasteiger partial charge in [0.25, 0.3) is 0 Å². The fourth-order valence-corrected chi connectivity index (χ4v) is 1.78. The van der Waals surface area contributed by atoms with Gasteiger partial charge in [-0.25, -0.2) is 13.6 Å². The number of halogens is 3. The molecule has 1 N–H and O–H groups in total. The Labute approximate surface area is 115 Å². The van der Waals surface area contributed by atoms with Crippen LogP contribution in [0.3, 0.4) is 0 Å². The number of hydrogen-bond donors (Lipinski definition) is 1. The Hall–Kier alpha value is -1.95. The van der Waals surface area contributed by atoms with Gasteiger partial charge in [0.2, 0.25) is 0 Å². The molecule has 0 aliphatic carbocycles. The molecule has 3 nitrogen and oxygen atoms in total. The van der Waals surface area contributed by atoms with Crippen molar-refractivity contribution in [2.24, 2.45) is 0 Å². The van der Waals surface area contributed by atoms with E-state index in [1.807, 2.05) is 0 Å². The minimum atomic E-state index is -1.31. The van der Waals surface area contributed by atoms with Crippen LogP contribution in [0.15, 0.2) is 40.9 Å². The molecule has 6 heteroatoms. The number of carboxylic acid groups (broad SMARTS) is 1. The molecular formula is C13H7BrF2O3. The number of rotatable bonds is 3. The molecule has 0 saturated carbocycles. The highest BCUT2D eigenvalue weighted by Gasteiger charge is 2.13. The van der Waals surface area contributed by atoms with Crippen LogP contribution in [0.1, 0.15) is 10.4 Å². The van der Waals surface area contributed by atoms with E-state index in [0.29, 0.717) is 0 Å². The average molecular weight is 329 g/mol. The van der Waals surface area contributed by atoms with E-state index in [9.17, 15) is 13.6 Å². The van der Waals surface area contributed by atoms with Crippen molar-refractivity contribution in [2.75, 3.05) is 0 Å². The van der Waals surface area contributed by atoms with Gasteiger partial charge < -0.3 is 9.84 Å². The van der Waals surface area contributed by atoms with Crippen LogP contribution in [0, 0.1) is 11.6 Å². The maximum absolute atomic E-state index is 13.1. The molecule has 0 fully saturated rings. The molecule has 0 radical (unpaired) electrons. The summed E-state index contributed by atoms with van der Waals surface area (Å²) in [6.45, 7) is 0. The van der Waals surface area contributed by atoms with E-state index in [0.717, 1.165) is 12.1 Å². The lowest BCUT2D eigenvalue weighted by molar-refractivity contribution is 0.0693. The highest BCUT2D eigenvalue weighted by atomic mass is 79.9. The van der Waals surface area contributed by atoms with Crippen molar-refractivity contribution >= 4 is 21.9 Å². The molecule has 0 amide bonds. The van der Waals surface area contributed by atoms with E-state index in [1.165, 1.54) is 24.3 Å². The van der Waals surface area contributed by atoms with Gasteiger partial charge in [-0.3, -0.25) is 0 Å². The van der Waals surface area contributed by atoms with Crippen molar-refractivity contribution in [3.63, 3.8) is 0 Å². The van der Waals surface area contributed by atoms with Crippen molar-refractivity contribution in [1.82, 2.24) is 0 Å². The van der Waals surface area contributed by atoms with Gasteiger partial charge in [-0.2, -0.15) is 0 Å². The molecule has 0 aromatic heterocycles. The zero-order valence-corrected chi connectivity index (χ0v) is 10.9. The summed E-state index contributed by atoms with van der Waals surface area (Å²) in [5, 5.41) is 8.95. The fourth-order valence-electron chi connectivity index (χ4n) is 1.43. The number of carbonyl (C=O) groups is 1. The van der Waals surface area contributed by atoms with Gasteiger partial charge in [-0.1, -0.05) is 0 Å². The monoisotopic (exact) mass is 328 g/mol. The zero-order chi connectivity index (χ0) is 14.0. The van der Waals surface area contributed by atoms with Gasteiger partial charge in [-0.05, 0) is 52.3 Å². The minimum absolute atomic E-state index is 0.0209. The third-order valence-electron chi connectivity index (χ3n) is 2.29. The molecule has 2 aromatic rings. The summed E-state index contributed by atoms with van der Waals surface area (Å²) < 4.78 is 31.5. The molecule has 2 aromatic carbocycles. The lowest BCUT2D eigenvalue weighted by Gasteiger charge is -2.09. The first-order chi connectivity index (χ1) is 8.97. The third kappa shape index (κ3) is 3.08. The largest absolute Gasteiger partial charge is 0.478 e. The first kappa shape index (κ1) is 13.5. The van der Waals surface area contributed by atoms with Crippen molar-refractivity contribution in [3.8, 4) is 11.5 Å². The van der Waals surface area contributed by atoms with Gasteiger partial charge >= 0.3 is 5.97 Å². The van der Waals surface area contributed by atoms with Crippen LogP contribution in [0.4, 0.5) is 8.78 Å². The van der Waals surface area contributed by atoms with Gasteiger partial charge in [0.15, 0.2) is 0 Å². The molecule has 0 bridgehead atoms. The normalized spacial score (nSPS) is 10.3. The molecule has 0 heterocycles. The Bertz CT molecular complexity index is 644. The molecule has 0 spiro atoms. The number of aromatic carboxylic acids is 1. The van der Waals surface area contributed by atoms with E-state index in [1.54, 1.807) is 0 Å².